The molecule has 0 saturated heterocycles. The third kappa shape index (κ3) is 4.69. The van der Waals surface area contributed by atoms with Crippen LogP contribution in [0.4, 0.5) is 45.8 Å². The Labute approximate surface area is 222 Å². The number of carbonyl (C=O) groups is 1. The molecule has 1 aliphatic rings. The largest absolute Gasteiger partial charge is 0.383 e. The first-order chi connectivity index (χ1) is 18.0. The Morgan fingerprint density at radius 2 is 1.85 bits per heavy atom. The fourth-order valence-corrected chi connectivity index (χ4v) is 5.42. The normalized spacial score (nSPS) is 15.4. The van der Waals surface area contributed by atoms with E-state index in [1.165, 1.54) is 6.33 Å². The van der Waals surface area contributed by atoms with Gasteiger partial charge in [-0.1, -0.05) is 31.0 Å². The van der Waals surface area contributed by atoms with E-state index < -0.39 is 32.7 Å². The third-order valence-corrected chi connectivity index (χ3v) is 7.80. The Morgan fingerprint density at radius 1 is 1.13 bits per heavy atom. The lowest BCUT2D eigenvalue weighted by molar-refractivity contribution is 0.257. The lowest BCUT2D eigenvalue weighted by Gasteiger charge is -2.40. The number of nitrogens with zero attached hydrogens (tertiary/aromatic N) is 5. The average molecular weight is 592 g/mol. The van der Waals surface area contributed by atoms with Crippen LogP contribution in [0.25, 0.3) is 22.3 Å². The van der Waals surface area contributed by atoms with Crippen LogP contribution in [0.5, 0.6) is 0 Å². The Kier molecular flexibility index (Phi) is 5.61. The van der Waals surface area contributed by atoms with Gasteiger partial charge in [-0.05, 0) is 56.2 Å². The minimum Gasteiger partial charge on any atom is -0.383 e. The van der Waals surface area contributed by atoms with Crippen LogP contribution in [0, 0.1) is 5.82 Å². The second kappa shape index (κ2) is 8.14. The Balaban J connectivity index is 1.50. The van der Waals surface area contributed by atoms with Crippen molar-refractivity contribution < 1.29 is 28.6 Å². The zero-order valence-corrected chi connectivity index (χ0v) is 21.8. The van der Waals surface area contributed by atoms with Crippen LogP contribution in [-0.4, -0.2) is 32.3 Å². The van der Waals surface area contributed by atoms with Crippen molar-refractivity contribution in [3.8, 4) is 11.3 Å². The molecule has 0 fully saturated rings. The molecule has 4 aromatic rings. The van der Waals surface area contributed by atoms with Crippen molar-refractivity contribution in [2.45, 2.75) is 31.2 Å². The number of urea groups is 1. The van der Waals surface area contributed by atoms with Crippen LogP contribution in [0.1, 0.15) is 25.5 Å². The van der Waals surface area contributed by atoms with Gasteiger partial charge in [0.15, 0.2) is 5.65 Å². The van der Waals surface area contributed by atoms with Gasteiger partial charge in [0, 0.05) is 18.2 Å². The molecule has 5 rings (SSSR count). The first kappa shape index (κ1) is 26.9. The predicted octanol–water partition coefficient (Wildman–Crippen LogP) is 7.70. The second-order valence-electron chi connectivity index (χ2n) is 9.21. The molecule has 0 spiro atoms. The number of rotatable bonds is 4. The van der Waals surface area contributed by atoms with Crippen LogP contribution in [0.3, 0.4) is 0 Å². The molecule has 3 N–H and O–H groups in total. The molecule has 0 bridgehead atoms. The molecular formula is C23H20ClF6N7OS. The van der Waals surface area contributed by atoms with E-state index in [1.807, 2.05) is 19.2 Å². The highest BCUT2D eigenvalue weighted by Gasteiger charge is 2.65. The number of hydrogen-bond donors (Lipinski definition) is 2. The maximum atomic E-state index is 14.2. The van der Waals surface area contributed by atoms with Crippen LogP contribution in [0.15, 0.2) is 41.6 Å². The molecule has 2 amide bonds. The second-order valence-corrected chi connectivity index (χ2v) is 12.0. The quantitative estimate of drug-likeness (QED) is 0.237. The SMILES string of the molecule is CC(C)n1nc(-c2ccc3c(c2Cl)CCN3C(=O)Nc2cc(S(F)(F)(F)(F)F)ccc2F)c2c(N)ncnc21. The number of carbonyl (C=O) groups excluding carboxylic acids is 1. The van der Waals surface area contributed by atoms with Crippen LogP contribution in [-0.2, 0) is 6.42 Å². The standard InChI is InChI=1S/C23H20ClF6N7OS/c1-11(2)37-22-18(21(31)32-10-33-22)20(35-37)14-4-6-17-13(19(14)24)7-8-36(17)23(38)34-16-9-12(3-5-15(16)25)39(26,27,28,29)30/h3-6,9-11H,7-8H2,1-2H3,(H,34,38)(H2,31,32,33). The van der Waals surface area contributed by atoms with Gasteiger partial charge in [-0.3, -0.25) is 4.90 Å². The number of nitrogens with one attached hydrogen (secondary N) is 1. The number of anilines is 3. The zero-order valence-electron chi connectivity index (χ0n) is 20.2. The Hall–Kier alpha value is -3.72. The highest BCUT2D eigenvalue weighted by molar-refractivity contribution is 8.45. The number of aromatic nitrogens is 4. The number of nitrogen functional groups attached to an aromatic ring is 1. The number of hydrogen-bond acceptors (Lipinski definition) is 5. The van der Waals surface area contributed by atoms with Gasteiger partial charge in [0.25, 0.3) is 0 Å². The maximum Gasteiger partial charge on any atom is 0.326 e. The molecule has 3 heterocycles. The van der Waals surface area contributed by atoms with E-state index in [0.717, 1.165) is 4.90 Å². The van der Waals surface area contributed by atoms with E-state index in [-0.39, 0.29) is 48.0 Å². The van der Waals surface area contributed by atoms with E-state index in [2.05, 4.69) is 15.1 Å². The van der Waals surface area contributed by atoms with Gasteiger partial charge in [0.1, 0.15) is 28.6 Å². The maximum absolute atomic E-state index is 14.2. The smallest absolute Gasteiger partial charge is 0.326 e. The molecule has 0 saturated carbocycles. The fraction of sp³-hybridized carbons (Fsp3) is 0.217. The number of fused-ring (bicyclic) bond motifs is 2. The average Bonchev–Trinajstić information content (AvgIpc) is 3.42. The number of benzene rings is 2. The topological polar surface area (TPSA) is 102 Å². The molecule has 0 radical (unpaired) electrons. The fourth-order valence-electron chi connectivity index (χ4n) is 4.41. The number of nitrogens with two attached hydrogens (primary N) is 1. The number of halogens is 7. The monoisotopic (exact) mass is 591 g/mol. The van der Waals surface area contributed by atoms with Gasteiger partial charge in [-0.15, -0.1) is 0 Å². The zero-order chi connectivity index (χ0) is 28.6. The van der Waals surface area contributed by atoms with Gasteiger partial charge < -0.3 is 11.1 Å². The first-order valence-electron chi connectivity index (χ1n) is 11.4. The van der Waals surface area contributed by atoms with Crippen molar-refractivity contribution in [1.82, 2.24) is 19.7 Å². The van der Waals surface area contributed by atoms with Crippen molar-refractivity contribution in [2.24, 2.45) is 0 Å². The molecule has 8 nitrogen and oxygen atoms in total. The van der Waals surface area contributed by atoms with Gasteiger partial charge >= 0.3 is 16.3 Å². The highest BCUT2D eigenvalue weighted by atomic mass is 35.5. The molecule has 208 valence electrons. The molecule has 0 unspecified atom stereocenters. The summed E-state index contributed by atoms with van der Waals surface area (Å²) in [5, 5.41) is 7.32. The van der Waals surface area contributed by atoms with Gasteiger partial charge in [0.05, 0.1) is 21.8 Å². The van der Waals surface area contributed by atoms with E-state index in [0.29, 0.717) is 33.5 Å². The third-order valence-electron chi connectivity index (χ3n) is 6.23. The van der Waals surface area contributed by atoms with Crippen molar-refractivity contribution in [1.29, 1.82) is 0 Å². The number of amides is 2. The molecule has 16 heteroatoms. The van der Waals surface area contributed by atoms with E-state index in [4.69, 9.17) is 17.3 Å². The summed E-state index contributed by atoms with van der Waals surface area (Å²) in [6.07, 6.45) is 1.57. The van der Waals surface area contributed by atoms with E-state index >= 15 is 0 Å². The van der Waals surface area contributed by atoms with E-state index in [1.54, 1.807) is 16.8 Å². The summed E-state index contributed by atoms with van der Waals surface area (Å²) in [5.41, 5.74) is 7.31. The van der Waals surface area contributed by atoms with Crippen LogP contribution in [0.2, 0.25) is 5.02 Å². The van der Waals surface area contributed by atoms with Crippen molar-refractivity contribution in [3.05, 3.63) is 53.1 Å². The summed E-state index contributed by atoms with van der Waals surface area (Å²) in [4.78, 5) is 20.0. The molecule has 1 aliphatic heterocycles. The van der Waals surface area contributed by atoms with Crippen LogP contribution < -0.4 is 16.0 Å². The van der Waals surface area contributed by atoms with Gasteiger partial charge in [-0.25, -0.2) is 23.8 Å². The van der Waals surface area contributed by atoms with Crippen molar-refractivity contribution in [3.63, 3.8) is 0 Å². The lowest BCUT2D eigenvalue weighted by atomic mass is 10.0. The molecule has 2 aromatic carbocycles. The molecule has 39 heavy (non-hydrogen) atoms. The van der Waals surface area contributed by atoms with Gasteiger partial charge in [0.2, 0.25) is 0 Å². The summed E-state index contributed by atoms with van der Waals surface area (Å²) in [7, 11) is -10.1. The Bertz CT molecular complexity index is 1680. The predicted molar refractivity (Wildman–Crippen MR) is 138 cm³/mol. The molecule has 2 aromatic heterocycles. The lowest BCUT2D eigenvalue weighted by Crippen LogP contribution is -2.33. The Morgan fingerprint density at radius 3 is 2.51 bits per heavy atom. The summed E-state index contributed by atoms with van der Waals surface area (Å²) >= 11 is 6.73. The minimum absolute atomic E-state index is 0.0413. The summed E-state index contributed by atoms with van der Waals surface area (Å²) < 4.78 is 81.9. The van der Waals surface area contributed by atoms with E-state index in [9.17, 15) is 28.6 Å². The highest BCUT2D eigenvalue weighted by Crippen LogP contribution is 3.02. The summed E-state index contributed by atoms with van der Waals surface area (Å²) in [6.45, 7) is 3.86. The van der Waals surface area contributed by atoms with Gasteiger partial charge in [-0.2, -0.15) is 5.10 Å². The molecular weight excluding hydrogens is 572 g/mol. The van der Waals surface area contributed by atoms with Crippen molar-refractivity contribution in [2.75, 3.05) is 22.5 Å². The van der Waals surface area contributed by atoms with Crippen molar-refractivity contribution >= 4 is 56.1 Å². The summed E-state index contributed by atoms with van der Waals surface area (Å²) in [5.74, 6) is -1.12. The van der Waals surface area contributed by atoms with Crippen LogP contribution >= 0.6 is 21.8 Å². The first-order valence-corrected chi connectivity index (χ1v) is 13.7. The molecule has 0 atom stereocenters. The summed E-state index contributed by atoms with van der Waals surface area (Å²) in [6, 6.07) is 2.07. The molecule has 0 aliphatic carbocycles. The minimum atomic E-state index is -10.1.